The van der Waals surface area contributed by atoms with Crippen molar-refractivity contribution >= 4 is 39.4 Å². The number of benzene rings is 1. The van der Waals surface area contributed by atoms with Gasteiger partial charge in [0, 0.05) is 10.7 Å². The Bertz CT molecular complexity index is 622. The van der Waals surface area contributed by atoms with E-state index in [-0.39, 0.29) is 17.0 Å². The first-order valence-corrected chi connectivity index (χ1v) is 6.40. The lowest BCUT2D eigenvalue weighted by atomic mass is 10.2. The Morgan fingerprint density at radius 1 is 1.42 bits per heavy atom. The van der Waals surface area contributed by atoms with Crippen molar-refractivity contribution in [2.75, 3.05) is 12.4 Å². The molecule has 0 atom stereocenters. The summed E-state index contributed by atoms with van der Waals surface area (Å²) >= 11 is 9.03. The Hall–Kier alpha value is -1.66. The number of nitrogens with zero attached hydrogens (tertiary/aromatic N) is 2. The van der Waals surface area contributed by atoms with Crippen molar-refractivity contribution in [3.8, 4) is 5.75 Å². The van der Waals surface area contributed by atoms with Gasteiger partial charge in [0.2, 0.25) is 5.95 Å². The fourth-order valence-corrected chi connectivity index (χ4v) is 1.93. The first kappa shape index (κ1) is 13.8. The van der Waals surface area contributed by atoms with Crippen LogP contribution < -0.4 is 10.1 Å². The maximum Gasteiger partial charge on any atom is 0.259 e. The third kappa shape index (κ3) is 3.42. The average Bonchev–Trinajstić information content (AvgIpc) is 2.39. The van der Waals surface area contributed by atoms with Crippen molar-refractivity contribution < 1.29 is 9.53 Å². The zero-order valence-electron chi connectivity index (χ0n) is 9.85. The van der Waals surface area contributed by atoms with E-state index in [0.717, 1.165) is 0 Å². The number of methoxy groups -OCH3 is 1. The molecule has 0 aliphatic rings. The van der Waals surface area contributed by atoms with Gasteiger partial charge in [0.05, 0.1) is 12.7 Å². The fourth-order valence-electron chi connectivity index (χ4n) is 1.37. The number of carbonyl (C=O) groups is 1. The summed E-state index contributed by atoms with van der Waals surface area (Å²) in [5, 5.41) is 2.82. The zero-order valence-corrected chi connectivity index (χ0v) is 12.2. The minimum atomic E-state index is -0.354. The highest BCUT2D eigenvalue weighted by molar-refractivity contribution is 9.10. The molecule has 2 aromatic rings. The maximum atomic E-state index is 12.1. The highest BCUT2D eigenvalue weighted by Crippen LogP contribution is 2.23. The molecule has 0 spiro atoms. The maximum absolute atomic E-state index is 12.1. The topological polar surface area (TPSA) is 64.1 Å². The van der Waals surface area contributed by atoms with Gasteiger partial charge in [0.25, 0.3) is 5.91 Å². The van der Waals surface area contributed by atoms with Gasteiger partial charge in [-0.05, 0) is 40.2 Å². The highest BCUT2D eigenvalue weighted by Gasteiger charge is 2.13. The van der Waals surface area contributed by atoms with Crippen LogP contribution in [0.5, 0.6) is 5.75 Å². The number of aromatic nitrogens is 2. The fraction of sp³-hybridized carbons (Fsp3) is 0.0833. The van der Waals surface area contributed by atoms with Crippen molar-refractivity contribution in [3.05, 3.63) is 45.7 Å². The SMILES string of the molecule is COc1ccc(Br)c(C(=O)Nc2nccc(Cl)n2)c1. The van der Waals surface area contributed by atoms with Crippen molar-refractivity contribution in [2.24, 2.45) is 0 Å². The lowest BCUT2D eigenvalue weighted by Gasteiger charge is -2.07. The summed E-state index contributed by atoms with van der Waals surface area (Å²) in [4.78, 5) is 19.9. The number of hydrogen-bond donors (Lipinski definition) is 1. The molecule has 0 fully saturated rings. The van der Waals surface area contributed by atoms with Crippen LogP contribution in [0.1, 0.15) is 10.4 Å². The number of rotatable bonds is 3. The molecule has 1 aromatic heterocycles. The van der Waals surface area contributed by atoms with Crippen LogP contribution in [-0.4, -0.2) is 23.0 Å². The first-order chi connectivity index (χ1) is 9.10. The van der Waals surface area contributed by atoms with E-state index in [0.29, 0.717) is 15.8 Å². The molecular formula is C12H9BrClN3O2. The van der Waals surface area contributed by atoms with Crippen LogP contribution >= 0.6 is 27.5 Å². The van der Waals surface area contributed by atoms with Crippen LogP contribution in [0.4, 0.5) is 5.95 Å². The van der Waals surface area contributed by atoms with E-state index in [1.807, 2.05) is 0 Å². The molecule has 19 heavy (non-hydrogen) atoms. The van der Waals surface area contributed by atoms with E-state index in [1.165, 1.54) is 19.4 Å². The van der Waals surface area contributed by atoms with Gasteiger partial charge in [-0.2, -0.15) is 0 Å². The molecule has 1 aromatic carbocycles. The van der Waals surface area contributed by atoms with Crippen LogP contribution in [0.25, 0.3) is 0 Å². The lowest BCUT2D eigenvalue weighted by molar-refractivity contribution is 0.102. The smallest absolute Gasteiger partial charge is 0.259 e. The molecule has 1 heterocycles. The molecule has 0 aliphatic carbocycles. The Kier molecular flexibility index (Phi) is 4.34. The van der Waals surface area contributed by atoms with Gasteiger partial charge in [-0.25, -0.2) is 9.97 Å². The predicted octanol–water partition coefficient (Wildman–Crippen LogP) is 3.15. The Morgan fingerprint density at radius 3 is 2.89 bits per heavy atom. The van der Waals surface area contributed by atoms with Crippen molar-refractivity contribution in [3.63, 3.8) is 0 Å². The molecule has 0 radical (unpaired) electrons. The van der Waals surface area contributed by atoms with Gasteiger partial charge in [0.1, 0.15) is 10.9 Å². The highest BCUT2D eigenvalue weighted by atomic mass is 79.9. The standard InChI is InChI=1S/C12H9BrClN3O2/c1-19-7-2-3-9(13)8(6-7)11(18)17-12-15-5-4-10(14)16-12/h2-6H,1H3,(H,15,16,17,18). The van der Waals surface area contributed by atoms with Crippen LogP contribution in [0.3, 0.4) is 0 Å². The molecule has 0 bridgehead atoms. The summed E-state index contributed by atoms with van der Waals surface area (Å²) in [5.41, 5.74) is 0.419. The van der Waals surface area contributed by atoms with E-state index in [1.54, 1.807) is 18.2 Å². The number of amides is 1. The Morgan fingerprint density at radius 2 is 2.21 bits per heavy atom. The Balaban J connectivity index is 2.25. The van der Waals surface area contributed by atoms with Crippen LogP contribution in [-0.2, 0) is 0 Å². The number of nitrogens with one attached hydrogen (secondary N) is 1. The first-order valence-electron chi connectivity index (χ1n) is 5.23. The van der Waals surface area contributed by atoms with Crippen molar-refractivity contribution in [1.29, 1.82) is 0 Å². The second kappa shape index (κ2) is 5.99. The normalized spacial score (nSPS) is 10.1. The summed E-state index contributed by atoms with van der Waals surface area (Å²) in [5.74, 6) is 0.376. The van der Waals surface area contributed by atoms with Crippen molar-refractivity contribution in [1.82, 2.24) is 9.97 Å². The molecular weight excluding hydrogens is 334 g/mol. The lowest BCUT2D eigenvalue weighted by Crippen LogP contribution is -2.14. The molecule has 0 aliphatic heterocycles. The minimum absolute atomic E-state index is 0.146. The minimum Gasteiger partial charge on any atom is -0.497 e. The molecule has 98 valence electrons. The van der Waals surface area contributed by atoms with Gasteiger partial charge in [0.15, 0.2) is 0 Å². The largest absolute Gasteiger partial charge is 0.497 e. The molecule has 0 unspecified atom stereocenters. The predicted molar refractivity (Wildman–Crippen MR) is 75.7 cm³/mol. The van der Waals surface area contributed by atoms with Gasteiger partial charge in [-0.15, -0.1) is 0 Å². The summed E-state index contributed by atoms with van der Waals surface area (Å²) in [7, 11) is 1.53. The van der Waals surface area contributed by atoms with Gasteiger partial charge in [-0.1, -0.05) is 11.6 Å². The van der Waals surface area contributed by atoms with Crippen LogP contribution in [0, 0.1) is 0 Å². The molecule has 0 saturated carbocycles. The van der Waals surface area contributed by atoms with E-state index in [2.05, 4.69) is 31.2 Å². The molecule has 5 nitrogen and oxygen atoms in total. The van der Waals surface area contributed by atoms with E-state index >= 15 is 0 Å². The monoisotopic (exact) mass is 341 g/mol. The van der Waals surface area contributed by atoms with Gasteiger partial charge >= 0.3 is 0 Å². The summed E-state index contributed by atoms with van der Waals surface area (Å²) in [6.45, 7) is 0. The number of halogens is 2. The quantitative estimate of drug-likeness (QED) is 0.870. The summed E-state index contributed by atoms with van der Waals surface area (Å²) < 4.78 is 5.72. The molecule has 0 saturated heterocycles. The number of hydrogen-bond acceptors (Lipinski definition) is 4. The second-order valence-corrected chi connectivity index (χ2v) is 4.74. The third-order valence-electron chi connectivity index (χ3n) is 2.27. The van der Waals surface area contributed by atoms with Gasteiger partial charge < -0.3 is 4.74 Å². The summed E-state index contributed by atoms with van der Waals surface area (Å²) in [6.07, 6.45) is 1.46. The second-order valence-electron chi connectivity index (χ2n) is 3.50. The molecule has 1 amide bonds. The van der Waals surface area contributed by atoms with E-state index in [4.69, 9.17) is 16.3 Å². The summed E-state index contributed by atoms with van der Waals surface area (Å²) in [6, 6.07) is 6.62. The molecule has 7 heteroatoms. The molecule has 1 N–H and O–H groups in total. The van der Waals surface area contributed by atoms with Crippen LogP contribution in [0.2, 0.25) is 5.15 Å². The average molecular weight is 343 g/mol. The third-order valence-corrected chi connectivity index (χ3v) is 3.17. The van der Waals surface area contributed by atoms with Crippen LogP contribution in [0.15, 0.2) is 34.9 Å². The zero-order chi connectivity index (χ0) is 13.8. The van der Waals surface area contributed by atoms with Crippen molar-refractivity contribution in [2.45, 2.75) is 0 Å². The van der Waals surface area contributed by atoms with Gasteiger partial charge in [-0.3, -0.25) is 10.1 Å². The van der Waals surface area contributed by atoms with E-state index < -0.39 is 0 Å². The Labute approximate surface area is 123 Å². The van der Waals surface area contributed by atoms with E-state index in [9.17, 15) is 4.79 Å². The number of ether oxygens (including phenoxy) is 1. The number of anilines is 1. The molecule has 2 rings (SSSR count). The number of carbonyl (C=O) groups excluding carboxylic acids is 1.